The minimum Gasteiger partial charge on any atom is -0.458 e. The number of alkyl carbamates (subject to hydrolysis) is 1. The first-order chi connectivity index (χ1) is 21.1. The summed E-state index contributed by atoms with van der Waals surface area (Å²) >= 11 is 0. The van der Waals surface area contributed by atoms with Gasteiger partial charge in [0.1, 0.15) is 17.8 Å². The van der Waals surface area contributed by atoms with Crippen LogP contribution in [0.4, 0.5) is 4.79 Å². The second-order valence-electron chi connectivity index (χ2n) is 12.7. The summed E-state index contributed by atoms with van der Waals surface area (Å²) in [6.07, 6.45) is 1.34. The van der Waals surface area contributed by atoms with Crippen molar-refractivity contribution in [3.05, 3.63) is 35.4 Å². The Morgan fingerprint density at radius 3 is 1.80 bits per heavy atom. The fourth-order valence-corrected chi connectivity index (χ4v) is 3.89. The predicted octanol–water partition coefficient (Wildman–Crippen LogP) is 4.09. The summed E-state index contributed by atoms with van der Waals surface area (Å²) < 4.78 is 38.3. The first kappa shape index (κ1) is 40.3. The summed E-state index contributed by atoms with van der Waals surface area (Å²) in [5.41, 5.74) is 6.36. The molecule has 1 aromatic rings. The van der Waals surface area contributed by atoms with E-state index in [0.29, 0.717) is 59.3 Å². The molecule has 0 aliphatic rings. The Bertz CT molecular complexity index is 973. The molecule has 0 bridgehead atoms. The van der Waals surface area contributed by atoms with Crippen molar-refractivity contribution in [2.75, 3.05) is 52.9 Å². The van der Waals surface area contributed by atoms with Crippen LogP contribution in [0.2, 0.25) is 0 Å². The van der Waals surface area contributed by atoms with Crippen LogP contribution in [0.3, 0.4) is 0 Å². The third-order valence-electron chi connectivity index (χ3n) is 6.02. The number of benzene rings is 1. The molecule has 0 unspecified atom stereocenters. The first-order valence-corrected chi connectivity index (χ1v) is 15.6. The number of amides is 2. The molecular weight excluding hydrogens is 584 g/mol. The Hall–Kier alpha value is -2.77. The Balaban J connectivity index is 2.15. The van der Waals surface area contributed by atoms with E-state index in [2.05, 4.69) is 17.4 Å². The summed E-state index contributed by atoms with van der Waals surface area (Å²) in [6, 6.07) is 7.75. The zero-order chi connectivity index (χ0) is 33.7. The standard InChI is InChI=1S/C33H56N2O10/c1-25(28(14-15-29(34)36)35-31(38)45-33(5,6)7)43-23-27-12-10-26(11-13-27)9-8-16-39-17-18-40-19-20-41-21-22-42-24-30(37)44-32(2,3)4/h10-13,25,28H,8-9,14-24H2,1-7H3,(H2,34,36)(H,35,38)/t25-,28+/m1/s1. The lowest BCUT2D eigenvalue weighted by atomic mass is 10.1. The van der Waals surface area contributed by atoms with Gasteiger partial charge in [-0.05, 0) is 78.9 Å². The van der Waals surface area contributed by atoms with Gasteiger partial charge >= 0.3 is 12.1 Å². The van der Waals surface area contributed by atoms with Gasteiger partial charge in [0.05, 0.1) is 58.4 Å². The van der Waals surface area contributed by atoms with E-state index in [9.17, 15) is 14.4 Å². The number of nitrogens with one attached hydrogen (secondary N) is 1. The van der Waals surface area contributed by atoms with Gasteiger partial charge in [0.2, 0.25) is 5.91 Å². The highest BCUT2D eigenvalue weighted by Gasteiger charge is 2.24. The molecule has 0 aromatic heterocycles. The molecule has 0 fully saturated rings. The molecule has 0 saturated carbocycles. The fraction of sp³-hybridized carbons (Fsp3) is 0.727. The van der Waals surface area contributed by atoms with Gasteiger partial charge in [-0.25, -0.2) is 9.59 Å². The highest BCUT2D eigenvalue weighted by atomic mass is 16.6. The molecule has 0 radical (unpaired) electrons. The average molecular weight is 641 g/mol. The van der Waals surface area contributed by atoms with Crippen molar-refractivity contribution >= 4 is 18.0 Å². The normalized spacial score (nSPS) is 13.2. The Morgan fingerprint density at radius 1 is 0.756 bits per heavy atom. The van der Waals surface area contributed by atoms with Gasteiger partial charge in [-0.2, -0.15) is 0 Å². The number of aryl methyl sites for hydroxylation is 1. The van der Waals surface area contributed by atoms with Crippen molar-refractivity contribution in [3.63, 3.8) is 0 Å². The number of ether oxygens (including phenoxy) is 7. The van der Waals surface area contributed by atoms with Crippen molar-refractivity contribution in [3.8, 4) is 0 Å². The second-order valence-corrected chi connectivity index (χ2v) is 12.7. The Morgan fingerprint density at radius 2 is 1.27 bits per heavy atom. The van der Waals surface area contributed by atoms with Gasteiger partial charge in [0.15, 0.2) is 0 Å². The smallest absolute Gasteiger partial charge is 0.407 e. The van der Waals surface area contributed by atoms with Crippen LogP contribution in [0.15, 0.2) is 24.3 Å². The lowest BCUT2D eigenvalue weighted by Gasteiger charge is -2.27. The van der Waals surface area contributed by atoms with Crippen molar-refractivity contribution in [2.24, 2.45) is 5.73 Å². The molecule has 12 heteroatoms. The summed E-state index contributed by atoms with van der Waals surface area (Å²) in [6.45, 7) is 16.1. The third kappa shape index (κ3) is 23.3. The van der Waals surface area contributed by atoms with Gasteiger partial charge in [-0.3, -0.25) is 4.79 Å². The minimum absolute atomic E-state index is 0.0891. The maximum absolute atomic E-state index is 12.3. The van der Waals surface area contributed by atoms with E-state index < -0.39 is 35.2 Å². The molecule has 12 nitrogen and oxygen atoms in total. The van der Waals surface area contributed by atoms with Crippen LogP contribution in [0.1, 0.15) is 78.9 Å². The SMILES string of the molecule is C[C@@H](OCc1ccc(CCCOCCOCCOCCOCC(=O)OC(C)(C)C)cc1)[C@H](CCC(N)=O)NC(=O)OC(C)(C)C. The minimum atomic E-state index is -0.633. The number of carbonyl (C=O) groups is 3. The van der Waals surface area contributed by atoms with Crippen molar-refractivity contribution in [1.82, 2.24) is 5.32 Å². The predicted molar refractivity (Wildman–Crippen MR) is 170 cm³/mol. The van der Waals surface area contributed by atoms with Gasteiger partial charge < -0.3 is 44.2 Å². The first-order valence-electron chi connectivity index (χ1n) is 15.6. The molecule has 0 aliphatic carbocycles. The molecule has 2 amide bonds. The van der Waals surface area contributed by atoms with Crippen LogP contribution < -0.4 is 11.1 Å². The Kier molecular flexibility index (Phi) is 19.6. The van der Waals surface area contributed by atoms with E-state index in [-0.39, 0.29) is 19.1 Å². The second kappa shape index (κ2) is 21.9. The summed E-state index contributed by atoms with van der Waals surface area (Å²) in [4.78, 5) is 35.1. The molecular formula is C33H56N2O10. The van der Waals surface area contributed by atoms with E-state index in [1.165, 1.54) is 5.56 Å². The highest BCUT2D eigenvalue weighted by molar-refractivity contribution is 5.74. The molecule has 258 valence electrons. The molecule has 45 heavy (non-hydrogen) atoms. The number of rotatable bonds is 23. The molecule has 1 aromatic carbocycles. The monoisotopic (exact) mass is 640 g/mol. The number of esters is 1. The summed E-state index contributed by atoms with van der Waals surface area (Å²) in [5, 5.41) is 2.80. The lowest BCUT2D eigenvalue weighted by molar-refractivity contribution is -0.160. The van der Waals surface area contributed by atoms with Crippen molar-refractivity contribution in [2.45, 2.75) is 104 Å². The highest BCUT2D eigenvalue weighted by Crippen LogP contribution is 2.14. The number of hydrogen-bond acceptors (Lipinski definition) is 10. The van der Waals surface area contributed by atoms with E-state index in [4.69, 9.17) is 38.9 Å². The molecule has 0 heterocycles. The van der Waals surface area contributed by atoms with Crippen molar-refractivity contribution in [1.29, 1.82) is 0 Å². The average Bonchev–Trinajstić information content (AvgIpc) is 2.92. The van der Waals surface area contributed by atoms with Crippen LogP contribution in [0, 0.1) is 0 Å². The molecule has 1 rings (SSSR count). The molecule has 2 atom stereocenters. The van der Waals surface area contributed by atoms with E-state index >= 15 is 0 Å². The van der Waals surface area contributed by atoms with E-state index in [1.54, 1.807) is 20.8 Å². The van der Waals surface area contributed by atoms with Crippen molar-refractivity contribution < 1.29 is 47.5 Å². The molecule has 0 aliphatic heterocycles. The topological polar surface area (TPSA) is 154 Å². The zero-order valence-electron chi connectivity index (χ0n) is 28.3. The van der Waals surface area contributed by atoms with Crippen LogP contribution in [0.5, 0.6) is 0 Å². The quantitative estimate of drug-likeness (QED) is 0.132. The van der Waals surface area contributed by atoms with E-state index in [0.717, 1.165) is 18.4 Å². The van der Waals surface area contributed by atoms with Gasteiger partial charge in [-0.15, -0.1) is 0 Å². The lowest BCUT2D eigenvalue weighted by Crippen LogP contribution is -2.45. The van der Waals surface area contributed by atoms with Gasteiger partial charge in [0, 0.05) is 13.0 Å². The summed E-state index contributed by atoms with van der Waals surface area (Å²) in [5.74, 6) is -0.829. The largest absolute Gasteiger partial charge is 0.458 e. The Labute approximate surface area is 268 Å². The van der Waals surface area contributed by atoms with Gasteiger partial charge in [-0.1, -0.05) is 24.3 Å². The zero-order valence-corrected chi connectivity index (χ0v) is 28.3. The van der Waals surface area contributed by atoms with Crippen LogP contribution in [0.25, 0.3) is 0 Å². The van der Waals surface area contributed by atoms with Gasteiger partial charge in [0.25, 0.3) is 0 Å². The van der Waals surface area contributed by atoms with Crippen LogP contribution in [-0.4, -0.2) is 94.2 Å². The maximum Gasteiger partial charge on any atom is 0.407 e. The molecule has 3 N–H and O–H groups in total. The van der Waals surface area contributed by atoms with Crippen LogP contribution in [-0.2, 0) is 55.8 Å². The number of nitrogens with two attached hydrogens (primary N) is 1. The number of carbonyl (C=O) groups excluding carboxylic acids is 3. The fourth-order valence-electron chi connectivity index (χ4n) is 3.89. The maximum atomic E-state index is 12.3. The molecule has 0 saturated heterocycles. The summed E-state index contributed by atoms with van der Waals surface area (Å²) in [7, 11) is 0. The molecule has 0 spiro atoms. The van der Waals surface area contributed by atoms with Crippen LogP contribution >= 0.6 is 0 Å². The van der Waals surface area contributed by atoms with E-state index in [1.807, 2.05) is 39.8 Å². The number of primary amides is 1. The third-order valence-corrected chi connectivity index (χ3v) is 6.02. The number of hydrogen-bond donors (Lipinski definition) is 2.